The molecule has 9 nitrogen and oxygen atoms in total. The Labute approximate surface area is 182 Å². The van der Waals surface area contributed by atoms with Gasteiger partial charge in [0.1, 0.15) is 6.04 Å². The van der Waals surface area contributed by atoms with E-state index in [0.29, 0.717) is 12.6 Å². The molecule has 0 bridgehead atoms. The van der Waals surface area contributed by atoms with Crippen LogP contribution in [0.3, 0.4) is 0 Å². The van der Waals surface area contributed by atoms with Gasteiger partial charge in [-0.2, -0.15) is 0 Å². The Morgan fingerprint density at radius 2 is 1.97 bits per heavy atom. The van der Waals surface area contributed by atoms with Crippen LogP contribution in [0.25, 0.3) is 0 Å². The van der Waals surface area contributed by atoms with Crippen LogP contribution in [0.1, 0.15) is 62.9 Å². The first-order valence-corrected chi connectivity index (χ1v) is 11.1. The van der Waals surface area contributed by atoms with Gasteiger partial charge in [-0.1, -0.05) is 6.07 Å². The molecule has 160 valence electrons. The third-order valence-electron chi connectivity index (χ3n) is 5.88. The zero-order valence-corrected chi connectivity index (χ0v) is 17.5. The molecule has 0 saturated carbocycles. The molecule has 1 aromatic carbocycles. The highest BCUT2D eigenvalue weighted by atomic mass is 32.1. The first-order chi connectivity index (χ1) is 15.0. The minimum absolute atomic E-state index is 0.102. The van der Waals surface area contributed by atoms with Gasteiger partial charge in [0.05, 0.1) is 11.1 Å². The van der Waals surface area contributed by atoms with Crippen LogP contribution < -0.4 is 16.0 Å². The van der Waals surface area contributed by atoms with Gasteiger partial charge in [-0.3, -0.25) is 29.4 Å². The lowest BCUT2D eigenvalue weighted by Crippen LogP contribution is -2.54. The van der Waals surface area contributed by atoms with Crippen LogP contribution in [0, 0.1) is 0 Å². The van der Waals surface area contributed by atoms with Crippen molar-refractivity contribution in [2.24, 2.45) is 0 Å². The molecule has 2 atom stereocenters. The normalized spacial score (nSPS) is 23.3. The number of nitrogens with zero attached hydrogens (tertiary/aromatic N) is 2. The summed E-state index contributed by atoms with van der Waals surface area (Å²) >= 11 is 1.61. The summed E-state index contributed by atoms with van der Waals surface area (Å²) in [6.45, 7) is 1.49. The van der Waals surface area contributed by atoms with Crippen molar-refractivity contribution in [3.05, 3.63) is 46.0 Å². The van der Waals surface area contributed by atoms with E-state index in [0.717, 1.165) is 28.6 Å². The molecular weight excluding hydrogens is 418 g/mol. The van der Waals surface area contributed by atoms with Gasteiger partial charge in [-0.15, -0.1) is 11.3 Å². The molecule has 0 aliphatic carbocycles. The Kier molecular flexibility index (Phi) is 5.03. The summed E-state index contributed by atoms with van der Waals surface area (Å²) < 4.78 is 0. The van der Waals surface area contributed by atoms with Crippen LogP contribution in [0.5, 0.6) is 0 Å². The van der Waals surface area contributed by atoms with Crippen molar-refractivity contribution in [2.45, 2.75) is 44.3 Å². The smallest absolute Gasteiger partial charge is 0.262 e. The number of hydrogen-bond donors (Lipinski definition) is 3. The summed E-state index contributed by atoms with van der Waals surface area (Å²) in [6, 6.07) is 4.51. The molecule has 0 spiro atoms. The van der Waals surface area contributed by atoms with Gasteiger partial charge < -0.3 is 10.6 Å². The van der Waals surface area contributed by atoms with E-state index in [2.05, 4.69) is 20.9 Å². The number of piperidine rings is 1. The number of imide groups is 2. The third kappa shape index (κ3) is 3.61. The molecule has 2 aromatic rings. The summed E-state index contributed by atoms with van der Waals surface area (Å²) in [6.07, 6.45) is 4.42. The highest BCUT2D eigenvalue weighted by Crippen LogP contribution is 2.31. The maximum atomic E-state index is 12.9. The quantitative estimate of drug-likeness (QED) is 0.605. The zero-order valence-electron chi connectivity index (χ0n) is 16.6. The van der Waals surface area contributed by atoms with Crippen LogP contribution in [0.2, 0.25) is 0 Å². The van der Waals surface area contributed by atoms with E-state index in [1.807, 2.05) is 6.20 Å². The molecule has 5 rings (SSSR count). The Hall–Kier alpha value is -3.11. The Morgan fingerprint density at radius 1 is 1.13 bits per heavy atom. The summed E-state index contributed by atoms with van der Waals surface area (Å²) in [7, 11) is 0. The fourth-order valence-electron chi connectivity index (χ4n) is 4.26. The number of rotatable bonds is 5. The SMILES string of the molecule is O=C1CCC(N2C(=O)c3ccc(CNc4ncc(C5CCCN5)s4)cc3C2=O)C(=O)N1. The van der Waals surface area contributed by atoms with Crippen molar-refractivity contribution < 1.29 is 19.2 Å². The molecule has 1 aromatic heterocycles. The Morgan fingerprint density at radius 3 is 2.74 bits per heavy atom. The molecular formula is C21H21N5O4S. The van der Waals surface area contributed by atoms with Gasteiger partial charge in [-0.05, 0) is 43.5 Å². The number of hydrogen-bond acceptors (Lipinski definition) is 8. The molecule has 2 fully saturated rings. The van der Waals surface area contributed by atoms with Crippen LogP contribution in [-0.2, 0) is 16.1 Å². The second-order valence-corrected chi connectivity index (χ2v) is 8.96. The lowest BCUT2D eigenvalue weighted by atomic mass is 10.0. The average molecular weight is 439 g/mol. The maximum Gasteiger partial charge on any atom is 0.262 e. The molecule has 10 heteroatoms. The largest absolute Gasteiger partial charge is 0.357 e. The summed E-state index contributed by atoms with van der Waals surface area (Å²) in [5, 5.41) is 9.74. The molecule has 0 radical (unpaired) electrons. The van der Waals surface area contributed by atoms with Gasteiger partial charge in [0.2, 0.25) is 11.8 Å². The lowest BCUT2D eigenvalue weighted by Gasteiger charge is -2.27. The fourth-order valence-corrected chi connectivity index (χ4v) is 5.18. The number of amides is 4. The van der Waals surface area contributed by atoms with Crippen LogP contribution in [0.4, 0.5) is 5.13 Å². The number of nitrogens with one attached hydrogen (secondary N) is 3. The van der Waals surface area contributed by atoms with E-state index in [1.54, 1.807) is 29.5 Å². The second kappa shape index (κ2) is 7.86. The van der Waals surface area contributed by atoms with E-state index in [-0.39, 0.29) is 29.9 Å². The highest BCUT2D eigenvalue weighted by Gasteiger charge is 2.44. The third-order valence-corrected chi connectivity index (χ3v) is 6.94. The van der Waals surface area contributed by atoms with Gasteiger partial charge in [-0.25, -0.2) is 4.98 Å². The van der Waals surface area contributed by atoms with Crippen molar-refractivity contribution in [3.8, 4) is 0 Å². The zero-order chi connectivity index (χ0) is 21.5. The number of carbonyl (C=O) groups excluding carboxylic acids is 4. The molecule has 3 aliphatic rings. The van der Waals surface area contributed by atoms with E-state index in [4.69, 9.17) is 0 Å². The average Bonchev–Trinajstić information content (AvgIpc) is 3.49. The fraction of sp³-hybridized carbons (Fsp3) is 0.381. The number of fused-ring (bicyclic) bond motifs is 1. The Balaban J connectivity index is 1.29. The molecule has 3 N–H and O–H groups in total. The highest BCUT2D eigenvalue weighted by molar-refractivity contribution is 7.15. The van der Waals surface area contributed by atoms with Gasteiger partial charge in [0.15, 0.2) is 5.13 Å². The van der Waals surface area contributed by atoms with Crippen molar-refractivity contribution in [2.75, 3.05) is 11.9 Å². The molecule has 2 saturated heterocycles. The summed E-state index contributed by atoms with van der Waals surface area (Å²) in [5.74, 6) is -1.99. The van der Waals surface area contributed by atoms with E-state index < -0.39 is 23.8 Å². The first kappa shape index (κ1) is 19.8. The molecule has 3 aliphatic heterocycles. The Bertz CT molecular complexity index is 1090. The number of carbonyl (C=O) groups is 4. The second-order valence-electron chi connectivity index (χ2n) is 7.90. The summed E-state index contributed by atoms with van der Waals surface area (Å²) in [5.41, 5.74) is 1.40. The van der Waals surface area contributed by atoms with Crippen molar-refractivity contribution in [1.82, 2.24) is 20.5 Å². The molecule has 4 heterocycles. The molecule has 31 heavy (non-hydrogen) atoms. The number of thiazole rings is 1. The van der Waals surface area contributed by atoms with E-state index >= 15 is 0 Å². The monoisotopic (exact) mass is 439 g/mol. The van der Waals surface area contributed by atoms with Gasteiger partial charge in [0, 0.05) is 30.1 Å². The first-order valence-electron chi connectivity index (χ1n) is 10.3. The predicted octanol–water partition coefficient (Wildman–Crippen LogP) is 1.58. The van der Waals surface area contributed by atoms with Crippen molar-refractivity contribution in [1.29, 1.82) is 0 Å². The van der Waals surface area contributed by atoms with Crippen LogP contribution >= 0.6 is 11.3 Å². The van der Waals surface area contributed by atoms with Crippen molar-refractivity contribution in [3.63, 3.8) is 0 Å². The minimum atomic E-state index is -0.954. The number of anilines is 1. The number of benzene rings is 1. The molecule has 4 amide bonds. The number of aromatic nitrogens is 1. The van der Waals surface area contributed by atoms with E-state index in [9.17, 15) is 19.2 Å². The maximum absolute atomic E-state index is 12.9. The topological polar surface area (TPSA) is 120 Å². The van der Waals surface area contributed by atoms with Crippen LogP contribution in [-0.4, -0.2) is 46.1 Å². The van der Waals surface area contributed by atoms with Gasteiger partial charge in [0.25, 0.3) is 11.8 Å². The van der Waals surface area contributed by atoms with E-state index in [1.165, 1.54) is 11.3 Å². The summed E-state index contributed by atoms with van der Waals surface area (Å²) in [4.78, 5) is 55.8. The van der Waals surface area contributed by atoms with Gasteiger partial charge >= 0.3 is 0 Å². The predicted molar refractivity (Wildman–Crippen MR) is 113 cm³/mol. The minimum Gasteiger partial charge on any atom is -0.357 e. The van der Waals surface area contributed by atoms with Crippen molar-refractivity contribution >= 4 is 40.1 Å². The molecule has 2 unspecified atom stereocenters. The van der Waals surface area contributed by atoms with Crippen LogP contribution in [0.15, 0.2) is 24.4 Å². The lowest BCUT2D eigenvalue weighted by molar-refractivity contribution is -0.136. The standard InChI is InChI=1S/C21H21N5O4S/c27-17-6-5-15(18(28)25-17)26-19(29)12-4-3-11(8-13(12)20(26)30)9-23-21-24-10-16(31-21)14-2-1-7-22-14/h3-4,8,10,14-15,22H,1-2,5-7,9H2,(H,23,24)(H,25,27,28).